The molecule has 9 heteroatoms. The van der Waals surface area contributed by atoms with Crippen molar-refractivity contribution >= 4 is 11.8 Å². The van der Waals surface area contributed by atoms with Gasteiger partial charge in [0.15, 0.2) is 17.2 Å². The number of carbonyl (C=O) groups excluding carboxylic acids is 2. The van der Waals surface area contributed by atoms with Gasteiger partial charge in [0.1, 0.15) is 5.76 Å². The molecule has 0 aliphatic rings. The lowest BCUT2D eigenvalue weighted by molar-refractivity contribution is -0.121. The third-order valence-corrected chi connectivity index (χ3v) is 5.40. The van der Waals surface area contributed by atoms with Crippen LogP contribution in [-0.2, 0) is 11.3 Å². The molecule has 9 nitrogen and oxygen atoms in total. The van der Waals surface area contributed by atoms with Crippen LogP contribution in [0.2, 0.25) is 0 Å². The Morgan fingerprint density at radius 3 is 2.49 bits per heavy atom. The average Bonchev–Trinajstić information content (AvgIpc) is 3.57. The first-order valence-corrected chi connectivity index (χ1v) is 10.9. The number of ether oxygens (including phenoxy) is 2. The average molecular weight is 475 g/mol. The van der Waals surface area contributed by atoms with E-state index in [0.717, 1.165) is 11.3 Å². The summed E-state index contributed by atoms with van der Waals surface area (Å²) >= 11 is 0. The predicted octanol–water partition coefficient (Wildman–Crippen LogP) is 3.54. The zero-order valence-electron chi connectivity index (χ0n) is 19.7. The molecule has 0 aliphatic heterocycles. The molecule has 0 saturated carbocycles. The number of likely N-dealkylation sites (N-methyl/N-ethyl adjacent to an activating group) is 1. The van der Waals surface area contributed by atoms with E-state index in [-0.39, 0.29) is 24.7 Å². The summed E-state index contributed by atoms with van der Waals surface area (Å²) in [5, 5.41) is 7.32. The highest BCUT2D eigenvalue weighted by atomic mass is 16.5. The Hall–Kier alpha value is -4.53. The second kappa shape index (κ2) is 10.6. The number of benzene rings is 2. The van der Waals surface area contributed by atoms with Crippen LogP contribution in [0.25, 0.3) is 16.8 Å². The van der Waals surface area contributed by atoms with Crippen LogP contribution in [0.5, 0.6) is 11.5 Å². The number of carbonyl (C=O) groups is 2. The Morgan fingerprint density at radius 2 is 1.80 bits per heavy atom. The van der Waals surface area contributed by atoms with E-state index < -0.39 is 5.91 Å². The molecule has 4 aromatic rings. The maximum absolute atomic E-state index is 13.4. The summed E-state index contributed by atoms with van der Waals surface area (Å²) < 4.78 is 17.6. The Kier molecular flexibility index (Phi) is 7.15. The molecule has 2 amide bonds. The van der Waals surface area contributed by atoms with Crippen molar-refractivity contribution in [3.63, 3.8) is 0 Å². The molecular weight excluding hydrogens is 448 g/mol. The normalized spacial score (nSPS) is 10.6. The van der Waals surface area contributed by atoms with Gasteiger partial charge < -0.3 is 24.1 Å². The van der Waals surface area contributed by atoms with Crippen LogP contribution < -0.4 is 14.8 Å². The summed E-state index contributed by atoms with van der Waals surface area (Å²) in [7, 11) is 4.68. The lowest BCUT2D eigenvalue weighted by Gasteiger charge is -2.16. The Morgan fingerprint density at radius 1 is 1.03 bits per heavy atom. The van der Waals surface area contributed by atoms with Gasteiger partial charge in [0.2, 0.25) is 5.91 Å². The fraction of sp³-hybridized carbons (Fsp3) is 0.192. The van der Waals surface area contributed by atoms with E-state index in [4.69, 9.17) is 13.9 Å². The van der Waals surface area contributed by atoms with Gasteiger partial charge in [-0.15, -0.1) is 0 Å². The van der Waals surface area contributed by atoms with Gasteiger partial charge in [-0.25, -0.2) is 4.68 Å². The van der Waals surface area contributed by atoms with Crippen molar-refractivity contribution in [2.24, 2.45) is 0 Å². The molecule has 0 saturated heterocycles. The first-order valence-electron chi connectivity index (χ1n) is 10.9. The maximum Gasteiger partial charge on any atom is 0.275 e. The lowest BCUT2D eigenvalue weighted by Crippen LogP contribution is -2.38. The van der Waals surface area contributed by atoms with E-state index >= 15 is 0 Å². The van der Waals surface area contributed by atoms with Crippen LogP contribution in [0.4, 0.5) is 0 Å². The number of nitrogens with zero attached hydrogens (tertiary/aromatic N) is 3. The zero-order valence-corrected chi connectivity index (χ0v) is 19.7. The van der Waals surface area contributed by atoms with Crippen molar-refractivity contribution in [1.82, 2.24) is 20.0 Å². The molecule has 4 rings (SSSR count). The number of para-hydroxylation sites is 1. The minimum Gasteiger partial charge on any atom is -0.493 e. The van der Waals surface area contributed by atoms with Crippen molar-refractivity contribution in [2.45, 2.75) is 6.54 Å². The maximum atomic E-state index is 13.4. The van der Waals surface area contributed by atoms with Crippen LogP contribution in [0.3, 0.4) is 0 Å². The zero-order chi connectivity index (χ0) is 24.8. The van der Waals surface area contributed by atoms with E-state index in [1.165, 1.54) is 11.2 Å². The summed E-state index contributed by atoms with van der Waals surface area (Å²) in [6, 6.07) is 18.4. The number of aromatic nitrogens is 2. The van der Waals surface area contributed by atoms with Crippen LogP contribution in [0.15, 0.2) is 77.5 Å². The summed E-state index contributed by atoms with van der Waals surface area (Å²) in [6.45, 7) is 0.108. The number of methoxy groups -OCH3 is 2. The van der Waals surface area contributed by atoms with Crippen molar-refractivity contribution in [2.75, 3.05) is 27.8 Å². The smallest absolute Gasteiger partial charge is 0.275 e. The first kappa shape index (κ1) is 23.6. The third-order valence-electron chi connectivity index (χ3n) is 5.40. The quantitative estimate of drug-likeness (QED) is 0.398. The van der Waals surface area contributed by atoms with Crippen LogP contribution >= 0.6 is 0 Å². The topological polar surface area (TPSA) is 98.8 Å². The van der Waals surface area contributed by atoms with E-state index in [2.05, 4.69) is 10.4 Å². The highest BCUT2D eigenvalue weighted by Gasteiger charge is 2.24. The fourth-order valence-corrected chi connectivity index (χ4v) is 3.58. The predicted molar refractivity (Wildman–Crippen MR) is 130 cm³/mol. The second-order valence-electron chi connectivity index (χ2n) is 7.76. The third kappa shape index (κ3) is 5.35. The number of hydrogen-bond donors (Lipinski definition) is 1. The molecule has 180 valence electrons. The molecule has 0 unspecified atom stereocenters. The molecule has 0 fully saturated rings. The van der Waals surface area contributed by atoms with Crippen molar-refractivity contribution in [3.8, 4) is 28.3 Å². The standard InChI is InChI=1S/C26H26N4O5/c1-29(17-24(31)27-15-20-10-7-13-35-20)26(32)25-21(16-30(28-25)19-8-5-4-6-9-19)18-11-12-22(33-2)23(14-18)34-3/h4-14,16H,15,17H2,1-3H3,(H,27,31). The molecule has 2 heterocycles. The largest absolute Gasteiger partial charge is 0.493 e. The first-order chi connectivity index (χ1) is 17.0. The van der Waals surface area contributed by atoms with Gasteiger partial charge in [-0.1, -0.05) is 24.3 Å². The van der Waals surface area contributed by atoms with Crippen molar-refractivity contribution < 1.29 is 23.5 Å². The SMILES string of the molecule is COc1ccc(-c2cn(-c3ccccc3)nc2C(=O)N(C)CC(=O)NCc2ccco2)cc1OC. The Bertz CT molecular complexity index is 1300. The number of rotatable bonds is 9. The minimum absolute atomic E-state index is 0.136. The van der Waals surface area contributed by atoms with E-state index in [0.29, 0.717) is 22.8 Å². The molecule has 2 aromatic heterocycles. The Balaban J connectivity index is 1.62. The number of furan rings is 1. The van der Waals surface area contributed by atoms with Gasteiger partial charge in [-0.05, 0) is 42.0 Å². The van der Waals surface area contributed by atoms with Crippen LogP contribution in [-0.4, -0.2) is 54.3 Å². The number of amides is 2. The molecule has 1 N–H and O–H groups in total. The Labute approximate surface area is 202 Å². The fourth-order valence-electron chi connectivity index (χ4n) is 3.58. The summed E-state index contributed by atoms with van der Waals surface area (Å²) in [5.41, 5.74) is 2.33. The van der Waals surface area contributed by atoms with Gasteiger partial charge >= 0.3 is 0 Å². The summed E-state index contributed by atoms with van der Waals surface area (Å²) in [6.07, 6.45) is 3.32. The molecule has 0 radical (unpaired) electrons. The van der Waals surface area contributed by atoms with Gasteiger partial charge in [-0.3, -0.25) is 9.59 Å². The van der Waals surface area contributed by atoms with E-state index in [1.54, 1.807) is 56.4 Å². The molecule has 2 aromatic carbocycles. The molecule has 0 aliphatic carbocycles. The molecule has 0 spiro atoms. The minimum atomic E-state index is -0.391. The lowest BCUT2D eigenvalue weighted by atomic mass is 10.0. The monoisotopic (exact) mass is 474 g/mol. The highest BCUT2D eigenvalue weighted by molar-refractivity contribution is 6.00. The van der Waals surface area contributed by atoms with Crippen molar-refractivity contribution in [1.29, 1.82) is 0 Å². The molecule has 0 atom stereocenters. The summed E-state index contributed by atoms with van der Waals surface area (Å²) in [4.78, 5) is 27.2. The van der Waals surface area contributed by atoms with Crippen LogP contribution in [0.1, 0.15) is 16.2 Å². The van der Waals surface area contributed by atoms with Gasteiger partial charge in [0, 0.05) is 18.8 Å². The van der Waals surface area contributed by atoms with Crippen molar-refractivity contribution in [3.05, 3.63) is 84.6 Å². The number of hydrogen-bond acceptors (Lipinski definition) is 6. The van der Waals surface area contributed by atoms with E-state index in [1.807, 2.05) is 36.4 Å². The van der Waals surface area contributed by atoms with Gasteiger partial charge in [0.25, 0.3) is 5.91 Å². The van der Waals surface area contributed by atoms with Gasteiger partial charge in [-0.2, -0.15) is 5.10 Å². The summed E-state index contributed by atoms with van der Waals surface area (Å²) in [5.74, 6) is 1.03. The van der Waals surface area contributed by atoms with Crippen LogP contribution in [0, 0.1) is 0 Å². The molecule has 35 heavy (non-hydrogen) atoms. The molecule has 0 bridgehead atoms. The molecular formula is C26H26N4O5. The second-order valence-corrected chi connectivity index (χ2v) is 7.76. The van der Waals surface area contributed by atoms with Gasteiger partial charge in [0.05, 0.1) is 39.3 Å². The van der Waals surface area contributed by atoms with E-state index in [9.17, 15) is 9.59 Å². The number of nitrogens with one attached hydrogen (secondary N) is 1. The highest BCUT2D eigenvalue weighted by Crippen LogP contribution is 2.34.